The van der Waals surface area contributed by atoms with Gasteiger partial charge < -0.3 is 5.73 Å². The van der Waals surface area contributed by atoms with Crippen molar-refractivity contribution in [3.63, 3.8) is 0 Å². The third kappa shape index (κ3) is 2.41. The Morgan fingerprint density at radius 2 is 2.11 bits per heavy atom. The summed E-state index contributed by atoms with van der Waals surface area (Å²) < 4.78 is 1.93. The summed E-state index contributed by atoms with van der Waals surface area (Å²) in [6.07, 6.45) is 3.56. The number of nitrogens with zero attached hydrogens (tertiary/aromatic N) is 3. The Hall–Kier alpha value is -1.75. The zero-order valence-electron chi connectivity index (χ0n) is 10.6. The lowest BCUT2D eigenvalue weighted by Crippen LogP contribution is -2.12. The summed E-state index contributed by atoms with van der Waals surface area (Å²) >= 11 is 4.95. The predicted molar refractivity (Wildman–Crippen MR) is 76.0 cm³/mol. The first-order chi connectivity index (χ1) is 8.65. The largest absolute Gasteiger partial charge is 0.388 e. The molecular weight excluding hydrogens is 244 g/mol. The van der Waals surface area contributed by atoms with E-state index in [0.717, 1.165) is 24.2 Å². The lowest BCUT2D eigenvalue weighted by atomic mass is 10.2. The first-order valence-corrected chi connectivity index (χ1v) is 6.40. The number of pyridine rings is 1. The van der Waals surface area contributed by atoms with Crippen LogP contribution in [-0.4, -0.2) is 19.8 Å². The van der Waals surface area contributed by atoms with Gasteiger partial charge in [0.25, 0.3) is 0 Å². The van der Waals surface area contributed by atoms with E-state index in [1.165, 1.54) is 5.69 Å². The molecule has 0 aliphatic heterocycles. The molecule has 0 saturated heterocycles. The van der Waals surface area contributed by atoms with E-state index in [2.05, 4.69) is 30.0 Å². The second kappa shape index (κ2) is 5.27. The van der Waals surface area contributed by atoms with Gasteiger partial charge in [-0.15, -0.1) is 0 Å². The first kappa shape index (κ1) is 12.7. The number of hydrogen-bond acceptors (Lipinski definition) is 3. The van der Waals surface area contributed by atoms with E-state index in [4.69, 9.17) is 18.0 Å². The van der Waals surface area contributed by atoms with Gasteiger partial charge in [-0.05, 0) is 31.0 Å². The summed E-state index contributed by atoms with van der Waals surface area (Å²) in [5.74, 6) is 0. The van der Waals surface area contributed by atoms with Gasteiger partial charge >= 0.3 is 0 Å². The third-order valence-electron chi connectivity index (χ3n) is 2.80. The van der Waals surface area contributed by atoms with Gasteiger partial charge in [-0.25, -0.2) is 4.68 Å². The average Bonchev–Trinajstić information content (AvgIpc) is 2.82. The van der Waals surface area contributed by atoms with Crippen LogP contribution in [0.4, 0.5) is 0 Å². The fourth-order valence-corrected chi connectivity index (χ4v) is 1.92. The van der Waals surface area contributed by atoms with Crippen LogP contribution in [0.3, 0.4) is 0 Å². The number of aromatic nitrogens is 3. The smallest absolute Gasteiger partial charge is 0.122 e. The van der Waals surface area contributed by atoms with Gasteiger partial charge in [-0.1, -0.05) is 26.1 Å². The molecule has 0 aliphatic rings. The van der Waals surface area contributed by atoms with Crippen LogP contribution in [0.5, 0.6) is 0 Å². The number of rotatable bonds is 4. The highest BCUT2D eigenvalue weighted by Crippen LogP contribution is 2.14. The normalized spacial score (nSPS) is 10.6. The van der Waals surface area contributed by atoms with E-state index in [0.29, 0.717) is 10.7 Å². The fourth-order valence-electron chi connectivity index (χ4n) is 1.81. The second-order valence-electron chi connectivity index (χ2n) is 4.01. The number of thiocarbonyl (C=S) groups is 1. The molecule has 0 aromatic carbocycles. The molecule has 0 aliphatic carbocycles. The van der Waals surface area contributed by atoms with E-state index >= 15 is 0 Å². The van der Waals surface area contributed by atoms with Crippen LogP contribution in [0.1, 0.15) is 30.9 Å². The Morgan fingerprint density at radius 3 is 2.72 bits per heavy atom. The van der Waals surface area contributed by atoms with E-state index in [1.807, 2.05) is 16.8 Å². The minimum atomic E-state index is 0.303. The summed E-state index contributed by atoms with van der Waals surface area (Å²) in [6, 6.07) is 5.90. The Labute approximate surface area is 112 Å². The first-order valence-electron chi connectivity index (χ1n) is 5.99. The van der Waals surface area contributed by atoms with E-state index in [1.54, 1.807) is 6.20 Å². The Bertz CT molecular complexity index is 574. The standard InChI is InChI=1S/C13H16N4S/c1-3-9-7-10(4-2)17(16-9)11-5-6-15-12(8-11)13(14)18/h5-8H,3-4H2,1-2H3,(H2,14,18). The molecule has 0 radical (unpaired) electrons. The van der Waals surface area contributed by atoms with Crippen molar-refractivity contribution in [1.82, 2.24) is 14.8 Å². The minimum absolute atomic E-state index is 0.303. The molecule has 5 heteroatoms. The van der Waals surface area contributed by atoms with Crippen molar-refractivity contribution in [3.05, 3.63) is 41.5 Å². The van der Waals surface area contributed by atoms with E-state index in [-0.39, 0.29) is 0 Å². The van der Waals surface area contributed by atoms with Gasteiger partial charge in [0.2, 0.25) is 0 Å². The van der Waals surface area contributed by atoms with Gasteiger partial charge in [0.1, 0.15) is 4.99 Å². The summed E-state index contributed by atoms with van der Waals surface area (Å²) in [5.41, 5.74) is 9.43. The van der Waals surface area contributed by atoms with Crippen LogP contribution in [0, 0.1) is 0 Å². The van der Waals surface area contributed by atoms with Gasteiger partial charge in [0, 0.05) is 11.9 Å². The van der Waals surface area contributed by atoms with Crippen LogP contribution in [-0.2, 0) is 12.8 Å². The summed E-state index contributed by atoms with van der Waals surface area (Å²) in [4.78, 5) is 4.44. The minimum Gasteiger partial charge on any atom is -0.388 e. The zero-order chi connectivity index (χ0) is 13.1. The molecule has 0 fully saturated rings. The number of aryl methyl sites for hydroxylation is 2. The molecule has 0 saturated carbocycles. The maximum Gasteiger partial charge on any atom is 0.122 e. The average molecular weight is 260 g/mol. The molecule has 2 aromatic rings. The molecule has 2 N–H and O–H groups in total. The highest BCUT2D eigenvalue weighted by molar-refractivity contribution is 7.80. The van der Waals surface area contributed by atoms with Gasteiger partial charge in [-0.3, -0.25) is 4.98 Å². The molecule has 0 unspecified atom stereocenters. The molecule has 2 rings (SSSR count). The van der Waals surface area contributed by atoms with Crippen molar-refractivity contribution in [3.8, 4) is 5.69 Å². The van der Waals surface area contributed by atoms with Crippen LogP contribution < -0.4 is 5.73 Å². The quantitative estimate of drug-likeness (QED) is 0.855. The molecule has 2 aromatic heterocycles. The lowest BCUT2D eigenvalue weighted by Gasteiger charge is -2.06. The molecule has 0 spiro atoms. The lowest BCUT2D eigenvalue weighted by molar-refractivity contribution is 0.792. The number of nitrogens with two attached hydrogens (primary N) is 1. The Balaban J connectivity index is 2.50. The predicted octanol–water partition coefficient (Wildman–Crippen LogP) is 2.03. The molecule has 4 nitrogen and oxygen atoms in total. The maximum atomic E-state index is 5.60. The summed E-state index contributed by atoms with van der Waals surface area (Å²) in [6.45, 7) is 4.21. The molecule has 94 valence electrons. The summed E-state index contributed by atoms with van der Waals surface area (Å²) in [7, 11) is 0. The fraction of sp³-hybridized carbons (Fsp3) is 0.308. The topological polar surface area (TPSA) is 56.7 Å². The van der Waals surface area contributed by atoms with Crippen molar-refractivity contribution >= 4 is 17.2 Å². The van der Waals surface area contributed by atoms with Crippen molar-refractivity contribution in [2.45, 2.75) is 26.7 Å². The van der Waals surface area contributed by atoms with Gasteiger partial charge in [-0.2, -0.15) is 5.10 Å². The van der Waals surface area contributed by atoms with Crippen LogP contribution in [0.15, 0.2) is 24.4 Å². The second-order valence-corrected chi connectivity index (χ2v) is 4.45. The Kier molecular flexibility index (Phi) is 3.72. The highest BCUT2D eigenvalue weighted by atomic mass is 32.1. The van der Waals surface area contributed by atoms with E-state index in [9.17, 15) is 0 Å². The SMILES string of the molecule is CCc1cc(CC)n(-c2ccnc(C(N)=S)c2)n1. The van der Waals surface area contributed by atoms with Gasteiger partial charge in [0.15, 0.2) is 0 Å². The highest BCUT2D eigenvalue weighted by Gasteiger charge is 2.08. The van der Waals surface area contributed by atoms with Crippen molar-refractivity contribution in [2.75, 3.05) is 0 Å². The van der Waals surface area contributed by atoms with Crippen molar-refractivity contribution in [2.24, 2.45) is 5.73 Å². The van der Waals surface area contributed by atoms with Crippen LogP contribution in [0.25, 0.3) is 5.69 Å². The van der Waals surface area contributed by atoms with Crippen LogP contribution in [0.2, 0.25) is 0 Å². The Morgan fingerprint density at radius 1 is 1.33 bits per heavy atom. The van der Waals surface area contributed by atoms with Crippen molar-refractivity contribution < 1.29 is 0 Å². The number of hydrogen-bond donors (Lipinski definition) is 1. The monoisotopic (exact) mass is 260 g/mol. The molecule has 0 bridgehead atoms. The molecule has 2 heterocycles. The molecule has 18 heavy (non-hydrogen) atoms. The maximum absolute atomic E-state index is 5.60. The van der Waals surface area contributed by atoms with E-state index < -0.39 is 0 Å². The van der Waals surface area contributed by atoms with Crippen LogP contribution >= 0.6 is 12.2 Å². The third-order valence-corrected chi connectivity index (χ3v) is 3.01. The molecular formula is C13H16N4S. The molecule has 0 amide bonds. The molecule has 0 atom stereocenters. The zero-order valence-corrected chi connectivity index (χ0v) is 11.4. The summed E-state index contributed by atoms with van der Waals surface area (Å²) in [5, 5.41) is 4.58. The van der Waals surface area contributed by atoms with Gasteiger partial charge in [0.05, 0.1) is 17.1 Å². The van der Waals surface area contributed by atoms with Crippen molar-refractivity contribution in [1.29, 1.82) is 0 Å².